The number of hydrogen-bond acceptors (Lipinski definition) is 3. The van der Waals surface area contributed by atoms with Gasteiger partial charge in [-0.25, -0.2) is 17.7 Å². The molecule has 2 aromatic carbocycles. The minimum absolute atomic E-state index is 0.280. The summed E-state index contributed by atoms with van der Waals surface area (Å²) in [5, 5.41) is 3.04. The predicted octanol–water partition coefficient (Wildman–Crippen LogP) is 2.28. The number of nitrogens with zero attached hydrogens (tertiary/aromatic N) is 2. The lowest BCUT2D eigenvalue weighted by molar-refractivity contribution is 0.540. The third-order valence-electron chi connectivity index (χ3n) is 3.43. The van der Waals surface area contributed by atoms with Crippen LogP contribution in [0.4, 0.5) is 5.69 Å². The Labute approximate surface area is 130 Å². The average Bonchev–Trinajstić information content (AvgIpc) is 2.98. The Morgan fingerprint density at radius 1 is 1.05 bits per heavy atom. The van der Waals surface area contributed by atoms with Gasteiger partial charge in [-0.05, 0) is 31.2 Å². The zero-order valence-corrected chi connectivity index (χ0v) is 13.0. The summed E-state index contributed by atoms with van der Waals surface area (Å²) in [6, 6.07) is 16.2. The van der Waals surface area contributed by atoms with Crippen LogP contribution in [0.15, 0.2) is 64.5 Å². The lowest BCUT2D eigenvalue weighted by Gasteiger charge is -2.18. The Morgan fingerprint density at radius 2 is 1.73 bits per heavy atom. The molecule has 0 radical (unpaired) electrons. The number of rotatable bonds is 3. The summed E-state index contributed by atoms with van der Waals surface area (Å²) >= 11 is 0. The van der Waals surface area contributed by atoms with Crippen LogP contribution in [0.25, 0.3) is 0 Å². The molecule has 0 saturated carbocycles. The molecule has 1 heterocycles. The SMILES string of the molecule is Cc1ccc(S(=O)(=O)N2CCNC2=Nc2ccccc2)cc1. The van der Waals surface area contributed by atoms with Gasteiger partial charge in [-0.15, -0.1) is 0 Å². The molecular formula is C16H17N3O2S. The lowest BCUT2D eigenvalue weighted by Crippen LogP contribution is -2.35. The van der Waals surface area contributed by atoms with Gasteiger partial charge in [0.1, 0.15) is 0 Å². The number of para-hydroxylation sites is 1. The Bertz CT molecular complexity index is 784. The first-order valence-corrected chi connectivity index (χ1v) is 8.48. The summed E-state index contributed by atoms with van der Waals surface area (Å²) in [7, 11) is -3.58. The third-order valence-corrected chi connectivity index (χ3v) is 5.24. The average molecular weight is 315 g/mol. The molecule has 6 heteroatoms. The maximum Gasteiger partial charge on any atom is 0.266 e. The first-order chi connectivity index (χ1) is 10.6. The van der Waals surface area contributed by atoms with Gasteiger partial charge in [0.2, 0.25) is 5.96 Å². The van der Waals surface area contributed by atoms with Crippen molar-refractivity contribution in [3.05, 3.63) is 60.2 Å². The van der Waals surface area contributed by atoms with Crippen LogP contribution in [0.2, 0.25) is 0 Å². The standard InChI is InChI=1S/C16H17N3O2S/c1-13-7-9-15(10-8-13)22(20,21)19-12-11-17-16(19)18-14-5-3-2-4-6-14/h2-10H,11-12H2,1H3,(H,17,18). The molecule has 1 fully saturated rings. The molecule has 1 aliphatic heterocycles. The first-order valence-electron chi connectivity index (χ1n) is 7.04. The number of nitrogens with one attached hydrogen (secondary N) is 1. The summed E-state index contributed by atoms with van der Waals surface area (Å²) in [6.45, 7) is 2.86. The van der Waals surface area contributed by atoms with Crippen LogP contribution in [-0.4, -0.2) is 31.8 Å². The highest BCUT2D eigenvalue weighted by molar-refractivity contribution is 7.89. The molecular weight excluding hydrogens is 298 g/mol. The second-order valence-electron chi connectivity index (χ2n) is 5.09. The lowest BCUT2D eigenvalue weighted by atomic mass is 10.2. The molecule has 3 rings (SSSR count). The quantitative estimate of drug-likeness (QED) is 0.945. The highest BCUT2D eigenvalue weighted by atomic mass is 32.2. The van der Waals surface area contributed by atoms with E-state index >= 15 is 0 Å². The third kappa shape index (κ3) is 2.82. The fourth-order valence-electron chi connectivity index (χ4n) is 2.25. The highest BCUT2D eigenvalue weighted by Gasteiger charge is 2.31. The molecule has 0 aromatic heterocycles. The molecule has 1 N–H and O–H groups in total. The van der Waals surface area contributed by atoms with Gasteiger partial charge in [-0.2, -0.15) is 0 Å². The van der Waals surface area contributed by atoms with Crippen LogP contribution in [-0.2, 0) is 10.0 Å². The fraction of sp³-hybridized carbons (Fsp3) is 0.188. The first kappa shape index (κ1) is 14.6. The molecule has 0 unspecified atom stereocenters. The van der Waals surface area contributed by atoms with Gasteiger partial charge in [-0.3, -0.25) is 0 Å². The van der Waals surface area contributed by atoms with E-state index in [1.165, 1.54) is 4.31 Å². The van der Waals surface area contributed by atoms with E-state index in [9.17, 15) is 8.42 Å². The number of aryl methyl sites for hydroxylation is 1. The Balaban J connectivity index is 1.96. The van der Waals surface area contributed by atoms with Crippen molar-refractivity contribution in [1.82, 2.24) is 9.62 Å². The highest BCUT2D eigenvalue weighted by Crippen LogP contribution is 2.20. The largest absolute Gasteiger partial charge is 0.353 e. The van der Waals surface area contributed by atoms with E-state index in [1.807, 2.05) is 37.3 Å². The molecule has 0 amide bonds. The Kier molecular flexibility index (Phi) is 3.85. The van der Waals surface area contributed by atoms with Gasteiger partial charge < -0.3 is 5.32 Å². The van der Waals surface area contributed by atoms with Gasteiger partial charge in [0.15, 0.2) is 0 Å². The van der Waals surface area contributed by atoms with E-state index in [0.717, 1.165) is 11.3 Å². The molecule has 0 atom stereocenters. The van der Waals surface area contributed by atoms with E-state index in [2.05, 4.69) is 10.3 Å². The van der Waals surface area contributed by atoms with Crippen LogP contribution >= 0.6 is 0 Å². The van der Waals surface area contributed by atoms with Gasteiger partial charge in [0.05, 0.1) is 17.1 Å². The second kappa shape index (κ2) is 5.81. The number of hydrogen-bond donors (Lipinski definition) is 1. The Hall–Kier alpha value is -2.34. The minimum atomic E-state index is -3.58. The Morgan fingerprint density at radius 3 is 2.41 bits per heavy atom. The normalized spacial score (nSPS) is 16.8. The van der Waals surface area contributed by atoms with Gasteiger partial charge in [0.25, 0.3) is 10.0 Å². The fourth-order valence-corrected chi connectivity index (χ4v) is 3.65. The molecule has 2 aromatic rings. The topological polar surface area (TPSA) is 61.8 Å². The van der Waals surface area contributed by atoms with Gasteiger partial charge in [0, 0.05) is 6.54 Å². The summed E-state index contributed by atoms with van der Waals surface area (Å²) in [6.07, 6.45) is 0. The van der Waals surface area contributed by atoms with Crippen molar-refractivity contribution >= 4 is 21.7 Å². The predicted molar refractivity (Wildman–Crippen MR) is 86.6 cm³/mol. The van der Waals surface area contributed by atoms with Crippen LogP contribution < -0.4 is 5.32 Å². The van der Waals surface area contributed by atoms with E-state index in [4.69, 9.17) is 0 Å². The van der Waals surface area contributed by atoms with E-state index in [1.54, 1.807) is 24.3 Å². The van der Waals surface area contributed by atoms with Crippen molar-refractivity contribution in [2.24, 2.45) is 4.99 Å². The van der Waals surface area contributed by atoms with E-state index in [0.29, 0.717) is 19.0 Å². The molecule has 0 aliphatic carbocycles. The van der Waals surface area contributed by atoms with Gasteiger partial charge in [-0.1, -0.05) is 35.9 Å². The summed E-state index contributed by atoms with van der Waals surface area (Å²) in [5.74, 6) is 0.367. The van der Waals surface area contributed by atoms with Crippen molar-refractivity contribution in [3.63, 3.8) is 0 Å². The second-order valence-corrected chi connectivity index (χ2v) is 6.95. The zero-order valence-electron chi connectivity index (χ0n) is 12.2. The summed E-state index contributed by atoms with van der Waals surface area (Å²) < 4.78 is 26.8. The summed E-state index contributed by atoms with van der Waals surface area (Å²) in [4.78, 5) is 4.68. The molecule has 0 spiro atoms. The molecule has 1 aliphatic rings. The van der Waals surface area contributed by atoms with Crippen molar-refractivity contribution in [1.29, 1.82) is 0 Å². The van der Waals surface area contributed by atoms with E-state index in [-0.39, 0.29) is 4.90 Å². The molecule has 0 bridgehead atoms. The smallest absolute Gasteiger partial charge is 0.266 e. The van der Waals surface area contributed by atoms with Crippen molar-refractivity contribution < 1.29 is 8.42 Å². The zero-order chi connectivity index (χ0) is 15.6. The maximum absolute atomic E-state index is 12.8. The van der Waals surface area contributed by atoms with Crippen molar-refractivity contribution in [3.8, 4) is 0 Å². The van der Waals surface area contributed by atoms with Crippen LogP contribution in [0.3, 0.4) is 0 Å². The number of aliphatic imine (C=N–C) groups is 1. The van der Waals surface area contributed by atoms with Crippen LogP contribution in [0, 0.1) is 6.92 Å². The van der Waals surface area contributed by atoms with Gasteiger partial charge >= 0.3 is 0 Å². The van der Waals surface area contributed by atoms with Crippen molar-refractivity contribution in [2.45, 2.75) is 11.8 Å². The van der Waals surface area contributed by atoms with Crippen LogP contribution in [0.5, 0.6) is 0 Å². The monoisotopic (exact) mass is 315 g/mol. The number of sulfonamides is 1. The summed E-state index contributed by atoms with van der Waals surface area (Å²) in [5.41, 5.74) is 1.74. The number of guanidine groups is 1. The molecule has 22 heavy (non-hydrogen) atoms. The number of benzene rings is 2. The molecule has 114 valence electrons. The maximum atomic E-state index is 12.8. The molecule has 5 nitrogen and oxygen atoms in total. The minimum Gasteiger partial charge on any atom is -0.353 e. The van der Waals surface area contributed by atoms with Crippen molar-refractivity contribution in [2.75, 3.05) is 13.1 Å². The molecule has 1 saturated heterocycles. The van der Waals surface area contributed by atoms with Crippen LogP contribution in [0.1, 0.15) is 5.56 Å². The van der Waals surface area contributed by atoms with E-state index < -0.39 is 10.0 Å².